The fraction of sp³-hybridized carbons (Fsp3) is 0.357. The average Bonchev–Trinajstić information content (AvgIpc) is 2.77. The zero-order valence-electron chi connectivity index (χ0n) is 11.2. The van der Waals surface area contributed by atoms with Gasteiger partial charge in [0.05, 0.1) is 11.4 Å². The number of nitrogens with zero attached hydrogens (tertiary/aromatic N) is 2. The van der Waals surface area contributed by atoms with Crippen molar-refractivity contribution in [2.45, 2.75) is 26.8 Å². The maximum atomic E-state index is 13.7. The highest BCUT2D eigenvalue weighted by atomic mass is 19.1. The van der Waals surface area contributed by atoms with E-state index in [0.29, 0.717) is 5.56 Å². The Morgan fingerprint density at radius 2 is 2.06 bits per heavy atom. The Morgan fingerprint density at radius 1 is 1.33 bits per heavy atom. The lowest BCUT2D eigenvalue weighted by atomic mass is 10.0. The molecule has 0 aliphatic carbocycles. The largest absolute Gasteiger partial charge is 0.313 e. The lowest BCUT2D eigenvalue weighted by Gasteiger charge is -2.17. The predicted octanol–water partition coefficient (Wildman–Crippen LogP) is 2.91. The van der Waals surface area contributed by atoms with Gasteiger partial charge in [0.1, 0.15) is 5.82 Å². The Bertz CT molecular complexity index is 560. The molecule has 2 rings (SSSR count). The van der Waals surface area contributed by atoms with Crippen molar-refractivity contribution in [3.05, 3.63) is 47.0 Å². The zero-order chi connectivity index (χ0) is 13.3. The van der Waals surface area contributed by atoms with E-state index in [-0.39, 0.29) is 11.9 Å². The van der Waals surface area contributed by atoms with E-state index in [9.17, 15) is 4.39 Å². The van der Waals surface area contributed by atoms with E-state index in [4.69, 9.17) is 0 Å². The number of halogens is 1. The van der Waals surface area contributed by atoms with Crippen LogP contribution in [0.1, 0.15) is 29.8 Å². The summed E-state index contributed by atoms with van der Waals surface area (Å²) in [6.45, 7) is 5.71. The smallest absolute Gasteiger partial charge is 0.126 e. The van der Waals surface area contributed by atoms with E-state index in [1.54, 1.807) is 17.7 Å². The molecule has 0 aliphatic rings. The van der Waals surface area contributed by atoms with Gasteiger partial charge in [-0.15, -0.1) is 0 Å². The van der Waals surface area contributed by atoms with Crippen molar-refractivity contribution in [1.82, 2.24) is 15.1 Å². The molecule has 1 aromatic carbocycles. The molecule has 0 saturated carbocycles. The van der Waals surface area contributed by atoms with Gasteiger partial charge in [0, 0.05) is 12.2 Å². The zero-order valence-corrected chi connectivity index (χ0v) is 11.2. The molecule has 4 heteroatoms. The van der Waals surface area contributed by atoms with Crippen molar-refractivity contribution in [1.29, 1.82) is 0 Å². The van der Waals surface area contributed by atoms with Gasteiger partial charge >= 0.3 is 0 Å². The van der Waals surface area contributed by atoms with E-state index >= 15 is 0 Å². The van der Waals surface area contributed by atoms with Gasteiger partial charge in [-0.3, -0.25) is 0 Å². The van der Waals surface area contributed by atoms with Crippen LogP contribution in [0.4, 0.5) is 4.39 Å². The molecule has 1 aromatic heterocycles. The van der Waals surface area contributed by atoms with Crippen LogP contribution >= 0.6 is 0 Å². The van der Waals surface area contributed by atoms with Gasteiger partial charge in [-0.05, 0) is 57.1 Å². The van der Waals surface area contributed by atoms with Gasteiger partial charge < -0.3 is 5.32 Å². The third-order valence-electron chi connectivity index (χ3n) is 3.18. The molecule has 1 N–H and O–H groups in total. The van der Waals surface area contributed by atoms with Crippen LogP contribution in [-0.4, -0.2) is 16.8 Å². The van der Waals surface area contributed by atoms with Crippen LogP contribution in [0.5, 0.6) is 0 Å². The molecule has 0 fully saturated rings. The molecule has 1 atom stereocenters. The summed E-state index contributed by atoms with van der Waals surface area (Å²) < 4.78 is 15.5. The molecule has 0 amide bonds. The first-order valence-electron chi connectivity index (χ1n) is 6.03. The quantitative estimate of drug-likeness (QED) is 0.903. The number of hydrogen-bond acceptors (Lipinski definition) is 2. The molecule has 0 bridgehead atoms. The summed E-state index contributed by atoms with van der Waals surface area (Å²) in [6.07, 6.45) is 1.90. The molecule has 1 heterocycles. The molecular weight excluding hydrogens is 229 g/mol. The van der Waals surface area contributed by atoms with Crippen molar-refractivity contribution in [3.63, 3.8) is 0 Å². The van der Waals surface area contributed by atoms with Gasteiger partial charge in [0.25, 0.3) is 0 Å². The van der Waals surface area contributed by atoms with Crippen LogP contribution in [0.2, 0.25) is 0 Å². The SMILES string of the molecule is CNC(C)c1cc(F)c(C)cc1-n1ccc(C)n1. The van der Waals surface area contributed by atoms with E-state index < -0.39 is 0 Å². The van der Waals surface area contributed by atoms with Gasteiger partial charge in [-0.1, -0.05) is 0 Å². The number of hydrogen-bond donors (Lipinski definition) is 1. The minimum Gasteiger partial charge on any atom is -0.313 e. The molecule has 18 heavy (non-hydrogen) atoms. The van der Waals surface area contributed by atoms with Crippen LogP contribution in [0.25, 0.3) is 5.69 Å². The fourth-order valence-electron chi connectivity index (χ4n) is 1.93. The Morgan fingerprint density at radius 3 is 2.61 bits per heavy atom. The van der Waals surface area contributed by atoms with Gasteiger partial charge in [0.15, 0.2) is 0 Å². The Kier molecular flexibility index (Phi) is 3.48. The molecule has 0 aliphatic heterocycles. The van der Waals surface area contributed by atoms with Crippen molar-refractivity contribution >= 4 is 0 Å². The third-order valence-corrected chi connectivity index (χ3v) is 3.18. The van der Waals surface area contributed by atoms with Crippen LogP contribution < -0.4 is 5.32 Å². The summed E-state index contributed by atoms with van der Waals surface area (Å²) in [6, 6.07) is 5.43. The normalized spacial score (nSPS) is 12.7. The maximum Gasteiger partial charge on any atom is 0.126 e. The molecule has 96 valence electrons. The Labute approximate surface area is 107 Å². The summed E-state index contributed by atoms with van der Waals surface area (Å²) >= 11 is 0. The highest BCUT2D eigenvalue weighted by Crippen LogP contribution is 2.24. The average molecular weight is 247 g/mol. The van der Waals surface area contributed by atoms with Crippen molar-refractivity contribution in [3.8, 4) is 5.69 Å². The third kappa shape index (κ3) is 2.29. The minimum absolute atomic E-state index is 0.0691. The number of benzene rings is 1. The number of aryl methyl sites for hydroxylation is 2. The highest BCUT2D eigenvalue weighted by molar-refractivity contribution is 5.45. The second kappa shape index (κ2) is 4.90. The standard InChI is InChI=1S/C14H18FN3/c1-9-7-14(18-6-5-10(2)17-18)12(8-13(9)15)11(3)16-4/h5-8,11,16H,1-4H3. The highest BCUT2D eigenvalue weighted by Gasteiger charge is 2.14. The summed E-state index contributed by atoms with van der Waals surface area (Å²) in [7, 11) is 1.86. The first-order valence-corrected chi connectivity index (χ1v) is 6.03. The van der Waals surface area contributed by atoms with E-state index in [0.717, 1.165) is 16.9 Å². The van der Waals surface area contributed by atoms with Gasteiger partial charge in [-0.2, -0.15) is 5.10 Å². The lowest BCUT2D eigenvalue weighted by Crippen LogP contribution is -2.16. The molecule has 2 aromatic rings. The minimum atomic E-state index is -0.181. The van der Waals surface area contributed by atoms with Gasteiger partial charge in [0.2, 0.25) is 0 Å². The fourth-order valence-corrected chi connectivity index (χ4v) is 1.93. The summed E-state index contributed by atoms with van der Waals surface area (Å²) in [5.41, 5.74) is 3.40. The van der Waals surface area contributed by atoms with Crippen LogP contribution in [0.15, 0.2) is 24.4 Å². The predicted molar refractivity (Wildman–Crippen MR) is 70.5 cm³/mol. The van der Waals surface area contributed by atoms with Crippen molar-refractivity contribution in [2.24, 2.45) is 0 Å². The first-order chi connectivity index (χ1) is 8.52. The Hall–Kier alpha value is -1.68. The number of nitrogens with one attached hydrogen (secondary N) is 1. The van der Waals surface area contributed by atoms with Gasteiger partial charge in [-0.25, -0.2) is 9.07 Å². The maximum absolute atomic E-state index is 13.7. The summed E-state index contributed by atoms with van der Waals surface area (Å²) in [4.78, 5) is 0. The Balaban J connectivity index is 2.60. The van der Waals surface area contributed by atoms with Crippen molar-refractivity contribution < 1.29 is 4.39 Å². The molecule has 0 spiro atoms. The molecule has 1 unspecified atom stereocenters. The second-order valence-corrected chi connectivity index (χ2v) is 4.57. The molecule has 3 nitrogen and oxygen atoms in total. The summed E-state index contributed by atoms with van der Waals surface area (Å²) in [5.74, 6) is -0.181. The van der Waals surface area contributed by atoms with Crippen LogP contribution in [0, 0.1) is 19.7 Å². The molecule has 0 saturated heterocycles. The lowest BCUT2D eigenvalue weighted by molar-refractivity contribution is 0.597. The van der Waals surface area contributed by atoms with E-state index in [2.05, 4.69) is 10.4 Å². The monoisotopic (exact) mass is 247 g/mol. The van der Waals surface area contributed by atoms with E-state index in [1.165, 1.54) is 0 Å². The first kappa shape index (κ1) is 12.8. The van der Waals surface area contributed by atoms with E-state index in [1.807, 2.05) is 39.2 Å². The number of rotatable bonds is 3. The molecule has 0 radical (unpaired) electrons. The molecular formula is C14H18FN3. The van der Waals surface area contributed by atoms with Crippen molar-refractivity contribution in [2.75, 3.05) is 7.05 Å². The van der Waals surface area contributed by atoms with Crippen LogP contribution in [0.3, 0.4) is 0 Å². The number of aromatic nitrogens is 2. The summed E-state index contributed by atoms with van der Waals surface area (Å²) in [5, 5.41) is 7.53. The second-order valence-electron chi connectivity index (χ2n) is 4.57. The topological polar surface area (TPSA) is 29.9 Å². The van der Waals surface area contributed by atoms with Crippen LogP contribution in [-0.2, 0) is 0 Å².